The minimum absolute atomic E-state index is 0.220. The minimum atomic E-state index is -0.447. The summed E-state index contributed by atoms with van der Waals surface area (Å²) in [7, 11) is 1.58. The number of carbonyl (C=O) groups excluding carboxylic acids is 2. The highest BCUT2D eigenvalue weighted by atomic mass is 16.5. The standard InChI is InChI=1S/C19H20N2O4/c1-24-14-10-8-13(9-11-14)20-18(22)15-5-2-3-6-16(15)21-19(23)17-7-4-12-25-17/h2-3,5-6,8-11,17H,4,7,12H2,1H3,(H,20,22)(H,21,23)/t17-/m0/s1. The number of ether oxygens (including phenoxy) is 2. The number of nitrogens with one attached hydrogen (secondary N) is 2. The Bertz CT molecular complexity index is 752. The molecule has 1 saturated heterocycles. The molecule has 1 aliphatic rings. The summed E-state index contributed by atoms with van der Waals surface area (Å²) >= 11 is 0. The van der Waals surface area contributed by atoms with Crippen molar-refractivity contribution in [3.63, 3.8) is 0 Å². The zero-order valence-corrected chi connectivity index (χ0v) is 14.0. The van der Waals surface area contributed by atoms with Gasteiger partial charge in [-0.05, 0) is 49.2 Å². The molecule has 6 heteroatoms. The molecule has 1 heterocycles. The largest absolute Gasteiger partial charge is 0.497 e. The van der Waals surface area contributed by atoms with Crippen molar-refractivity contribution in [2.75, 3.05) is 24.4 Å². The fraction of sp³-hybridized carbons (Fsp3) is 0.263. The van der Waals surface area contributed by atoms with Crippen LogP contribution in [0.25, 0.3) is 0 Å². The molecule has 3 rings (SSSR count). The summed E-state index contributed by atoms with van der Waals surface area (Å²) in [5.74, 6) is 0.192. The van der Waals surface area contributed by atoms with Crippen LogP contribution in [0, 0.1) is 0 Å². The maximum Gasteiger partial charge on any atom is 0.257 e. The molecular weight excluding hydrogens is 320 g/mol. The van der Waals surface area contributed by atoms with Crippen LogP contribution in [0.5, 0.6) is 5.75 Å². The Labute approximate surface area is 146 Å². The summed E-state index contributed by atoms with van der Waals surface area (Å²) in [6.07, 6.45) is 1.13. The first-order chi connectivity index (χ1) is 12.2. The Morgan fingerprint density at radius 1 is 1.08 bits per heavy atom. The van der Waals surface area contributed by atoms with Crippen molar-refractivity contribution in [2.45, 2.75) is 18.9 Å². The Balaban J connectivity index is 1.72. The summed E-state index contributed by atoms with van der Waals surface area (Å²) < 4.78 is 10.5. The molecule has 0 spiro atoms. The lowest BCUT2D eigenvalue weighted by atomic mass is 10.1. The molecule has 2 aromatic carbocycles. The Morgan fingerprint density at radius 3 is 2.52 bits per heavy atom. The molecule has 0 radical (unpaired) electrons. The van der Waals surface area contributed by atoms with Gasteiger partial charge in [-0.15, -0.1) is 0 Å². The van der Waals surface area contributed by atoms with Crippen LogP contribution < -0.4 is 15.4 Å². The molecule has 6 nitrogen and oxygen atoms in total. The maximum atomic E-state index is 12.6. The van der Waals surface area contributed by atoms with Crippen molar-refractivity contribution in [3.8, 4) is 5.75 Å². The first-order valence-corrected chi connectivity index (χ1v) is 8.14. The average Bonchev–Trinajstić information content (AvgIpc) is 3.17. The van der Waals surface area contributed by atoms with E-state index in [0.717, 1.165) is 6.42 Å². The van der Waals surface area contributed by atoms with Gasteiger partial charge < -0.3 is 20.1 Å². The van der Waals surface area contributed by atoms with Gasteiger partial charge in [-0.25, -0.2) is 0 Å². The van der Waals surface area contributed by atoms with Gasteiger partial charge in [0.05, 0.1) is 18.4 Å². The average molecular weight is 340 g/mol. The Hall–Kier alpha value is -2.86. The number of rotatable bonds is 5. The molecule has 0 bridgehead atoms. The van der Waals surface area contributed by atoms with Gasteiger partial charge in [0.15, 0.2) is 0 Å². The quantitative estimate of drug-likeness (QED) is 0.877. The van der Waals surface area contributed by atoms with Crippen molar-refractivity contribution >= 4 is 23.2 Å². The van der Waals surface area contributed by atoms with Crippen molar-refractivity contribution < 1.29 is 19.1 Å². The maximum absolute atomic E-state index is 12.6. The van der Waals surface area contributed by atoms with E-state index in [-0.39, 0.29) is 11.8 Å². The first-order valence-electron chi connectivity index (χ1n) is 8.14. The summed E-state index contributed by atoms with van der Waals surface area (Å²) in [5.41, 5.74) is 1.50. The third-order valence-electron chi connectivity index (χ3n) is 4.00. The number of methoxy groups -OCH3 is 1. The van der Waals surface area contributed by atoms with E-state index in [9.17, 15) is 9.59 Å². The molecule has 0 saturated carbocycles. The van der Waals surface area contributed by atoms with Gasteiger partial charge in [0.1, 0.15) is 11.9 Å². The van der Waals surface area contributed by atoms with Gasteiger partial charge in [-0.2, -0.15) is 0 Å². The van der Waals surface area contributed by atoms with Crippen LogP contribution >= 0.6 is 0 Å². The topological polar surface area (TPSA) is 76.7 Å². The predicted molar refractivity (Wildman–Crippen MR) is 95.0 cm³/mol. The number of anilines is 2. The number of hydrogen-bond acceptors (Lipinski definition) is 4. The number of amides is 2. The monoisotopic (exact) mass is 340 g/mol. The van der Waals surface area contributed by atoms with Crippen LogP contribution in [0.15, 0.2) is 48.5 Å². The van der Waals surface area contributed by atoms with Crippen LogP contribution in [-0.2, 0) is 9.53 Å². The lowest BCUT2D eigenvalue weighted by Crippen LogP contribution is -2.28. The van der Waals surface area contributed by atoms with Gasteiger partial charge in [-0.3, -0.25) is 9.59 Å². The molecule has 130 valence electrons. The molecule has 1 atom stereocenters. The molecule has 1 aliphatic heterocycles. The van der Waals surface area contributed by atoms with E-state index in [4.69, 9.17) is 9.47 Å². The fourth-order valence-electron chi connectivity index (χ4n) is 2.66. The minimum Gasteiger partial charge on any atom is -0.497 e. The number of carbonyl (C=O) groups is 2. The molecule has 0 unspecified atom stereocenters. The lowest BCUT2D eigenvalue weighted by Gasteiger charge is -2.14. The summed E-state index contributed by atoms with van der Waals surface area (Å²) in [6, 6.07) is 13.9. The molecular formula is C19H20N2O4. The van der Waals surface area contributed by atoms with Crippen LogP contribution in [0.4, 0.5) is 11.4 Å². The number of para-hydroxylation sites is 1. The van der Waals surface area contributed by atoms with Crippen molar-refractivity contribution in [3.05, 3.63) is 54.1 Å². The second kappa shape index (κ2) is 7.81. The molecule has 0 aromatic heterocycles. The highest BCUT2D eigenvalue weighted by molar-refractivity contribution is 6.10. The van der Waals surface area contributed by atoms with E-state index < -0.39 is 6.10 Å². The molecule has 2 amide bonds. The summed E-state index contributed by atoms with van der Waals surface area (Å²) in [6.45, 7) is 0.595. The van der Waals surface area contributed by atoms with Gasteiger partial charge in [0, 0.05) is 12.3 Å². The first kappa shape index (κ1) is 17.0. The lowest BCUT2D eigenvalue weighted by molar-refractivity contribution is -0.124. The van der Waals surface area contributed by atoms with Crippen molar-refractivity contribution in [1.82, 2.24) is 0 Å². The Kier molecular flexibility index (Phi) is 5.30. The third kappa shape index (κ3) is 4.16. The third-order valence-corrected chi connectivity index (χ3v) is 4.00. The molecule has 0 aliphatic carbocycles. The van der Waals surface area contributed by atoms with Gasteiger partial charge >= 0.3 is 0 Å². The normalized spacial score (nSPS) is 16.3. The van der Waals surface area contributed by atoms with Gasteiger partial charge in [0.2, 0.25) is 0 Å². The second-order valence-corrected chi connectivity index (χ2v) is 5.72. The second-order valence-electron chi connectivity index (χ2n) is 5.72. The smallest absolute Gasteiger partial charge is 0.257 e. The van der Waals surface area contributed by atoms with Gasteiger partial charge in [-0.1, -0.05) is 12.1 Å². The van der Waals surface area contributed by atoms with Crippen LogP contribution in [-0.4, -0.2) is 31.6 Å². The predicted octanol–water partition coefficient (Wildman–Crippen LogP) is 3.07. The molecule has 2 aromatic rings. The highest BCUT2D eigenvalue weighted by Crippen LogP contribution is 2.21. The fourth-order valence-corrected chi connectivity index (χ4v) is 2.66. The van der Waals surface area contributed by atoms with E-state index in [1.807, 2.05) is 0 Å². The molecule has 25 heavy (non-hydrogen) atoms. The van der Waals surface area contributed by atoms with Crippen LogP contribution in [0.3, 0.4) is 0 Å². The SMILES string of the molecule is COc1ccc(NC(=O)c2ccccc2NC(=O)[C@@H]2CCCO2)cc1. The van der Waals surface area contributed by atoms with E-state index in [1.165, 1.54) is 0 Å². The molecule has 1 fully saturated rings. The molecule has 2 N–H and O–H groups in total. The van der Waals surface area contributed by atoms with Crippen molar-refractivity contribution in [2.24, 2.45) is 0 Å². The van der Waals surface area contributed by atoms with Crippen LogP contribution in [0.1, 0.15) is 23.2 Å². The zero-order valence-electron chi connectivity index (χ0n) is 14.0. The van der Waals surface area contributed by atoms with Crippen molar-refractivity contribution in [1.29, 1.82) is 0 Å². The van der Waals surface area contributed by atoms with E-state index in [2.05, 4.69) is 10.6 Å². The zero-order chi connectivity index (χ0) is 17.6. The van der Waals surface area contributed by atoms with E-state index >= 15 is 0 Å². The number of benzene rings is 2. The summed E-state index contributed by atoms with van der Waals surface area (Å²) in [4.78, 5) is 24.8. The number of hydrogen-bond donors (Lipinski definition) is 2. The van der Waals surface area contributed by atoms with E-state index in [0.29, 0.717) is 35.7 Å². The summed E-state index contributed by atoms with van der Waals surface area (Å²) in [5, 5.41) is 5.61. The highest BCUT2D eigenvalue weighted by Gasteiger charge is 2.24. The van der Waals surface area contributed by atoms with E-state index in [1.54, 1.807) is 55.6 Å². The van der Waals surface area contributed by atoms with Crippen LogP contribution in [0.2, 0.25) is 0 Å². The van der Waals surface area contributed by atoms with Gasteiger partial charge in [0.25, 0.3) is 11.8 Å². The Morgan fingerprint density at radius 2 is 1.84 bits per heavy atom.